The average Bonchev–Trinajstić information content (AvgIpc) is 2.25. The van der Waals surface area contributed by atoms with Crippen LogP contribution in [0.5, 0.6) is 5.75 Å². The Balaban J connectivity index is 2.81. The first-order valence-electron chi connectivity index (χ1n) is 5.61. The van der Waals surface area contributed by atoms with Crippen molar-refractivity contribution < 1.29 is 9.53 Å². The lowest BCUT2D eigenvalue weighted by Gasteiger charge is -2.09. The Morgan fingerprint density at radius 1 is 1.44 bits per heavy atom. The number of ketones is 1. The highest BCUT2D eigenvalue weighted by atomic mass is 16.5. The zero-order chi connectivity index (χ0) is 12.0. The third kappa shape index (κ3) is 3.89. The van der Waals surface area contributed by atoms with Gasteiger partial charge in [0, 0.05) is 5.56 Å². The number of rotatable bonds is 5. The molecule has 0 unspecified atom stereocenters. The van der Waals surface area contributed by atoms with Crippen molar-refractivity contribution in [2.75, 3.05) is 0 Å². The Morgan fingerprint density at radius 3 is 2.81 bits per heavy atom. The molecule has 1 aromatic rings. The fourth-order valence-corrected chi connectivity index (χ4v) is 1.32. The second-order valence-electron chi connectivity index (χ2n) is 3.87. The smallest absolute Gasteiger partial charge is 0.185 e. The Morgan fingerprint density at radius 2 is 2.19 bits per heavy atom. The van der Waals surface area contributed by atoms with Gasteiger partial charge in [0.15, 0.2) is 5.78 Å². The van der Waals surface area contributed by atoms with Crippen molar-refractivity contribution in [1.29, 1.82) is 0 Å². The fraction of sp³-hybridized carbons (Fsp3) is 0.357. The Labute approximate surface area is 96.9 Å². The molecule has 0 saturated heterocycles. The summed E-state index contributed by atoms with van der Waals surface area (Å²) in [5.41, 5.74) is 0.669. The summed E-state index contributed by atoms with van der Waals surface area (Å²) in [4.78, 5) is 11.7. The van der Waals surface area contributed by atoms with Gasteiger partial charge in [0.25, 0.3) is 0 Å². The van der Waals surface area contributed by atoms with Crippen LogP contribution in [-0.4, -0.2) is 11.9 Å². The van der Waals surface area contributed by atoms with Crippen LogP contribution < -0.4 is 4.74 Å². The Hall–Kier alpha value is -1.57. The molecule has 0 bridgehead atoms. The third-order valence-corrected chi connectivity index (χ3v) is 2.00. The molecule has 2 heteroatoms. The molecule has 1 rings (SSSR count). The zero-order valence-electron chi connectivity index (χ0n) is 10.1. The van der Waals surface area contributed by atoms with E-state index < -0.39 is 0 Å². The van der Waals surface area contributed by atoms with Gasteiger partial charge in [0.2, 0.25) is 0 Å². The van der Waals surface area contributed by atoms with Crippen LogP contribution in [0.4, 0.5) is 0 Å². The molecule has 0 fully saturated rings. The van der Waals surface area contributed by atoms with Crippen molar-refractivity contribution in [2.45, 2.75) is 33.3 Å². The molecule has 0 atom stereocenters. The second kappa shape index (κ2) is 6.11. The summed E-state index contributed by atoms with van der Waals surface area (Å²) in [6.07, 6.45) is 4.46. The molecule has 0 aliphatic heterocycles. The number of allylic oxidation sites excluding steroid dienone is 2. The van der Waals surface area contributed by atoms with E-state index in [1.807, 2.05) is 39.0 Å². The van der Waals surface area contributed by atoms with Crippen LogP contribution in [0.15, 0.2) is 36.4 Å². The topological polar surface area (TPSA) is 26.3 Å². The summed E-state index contributed by atoms with van der Waals surface area (Å²) in [5, 5.41) is 0. The largest absolute Gasteiger partial charge is 0.491 e. The molecule has 0 spiro atoms. The van der Waals surface area contributed by atoms with Crippen LogP contribution in [0.3, 0.4) is 0 Å². The molecular formula is C14H18O2. The van der Waals surface area contributed by atoms with Gasteiger partial charge in [0.1, 0.15) is 5.75 Å². The first kappa shape index (κ1) is 12.5. The molecular weight excluding hydrogens is 200 g/mol. The quantitative estimate of drug-likeness (QED) is 0.557. The van der Waals surface area contributed by atoms with E-state index in [1.165, 1.54) is 0 Å². The Bertz CT molecular complexity index is 378. The predicted molar refractivity (Wildman–Crippen MR) is 66.0 cm³/mol. The minimum absolute atomic E-state index is 0.0241. The molecule has 0 N–H and O–H groups in total. The summed E-state index contributed by atoms with van der Waals surface area (Å²) in [5.74, 6) is 0.766. The number of benzene rings is 1. The van der Waals surface area contributed by atoms with E-state index in [0.29, 0.717) is 5.56 Å². The number of hydrogen-bond donors (Lipinski definition) is 0. The first-order valence-corrected chi connectivity index (χ1v) is 5.61. The summed E-state index contributed by atoms with van der Waals surface area (Å²) < 4.78 is 5.53. The van der Waals surface area contributed by atoms with E-state index in [9.17, 15) is 4.79 Å². The average molecular weight is 218 g/mol. The van der Waals surface area contributed by atoms with Crippen LogP contribution in [0.2, 0.25) is 0 Å². The minimum atomic E-state index is 0.0241. The van der Waals surface area contributed by atoms with E-state index in [1.54, 1.807) is 18.2 Å². The molecule has 0 aliphatic carbocycles. The first-order chi connectivity index (χ1) is 7.63. The molecule has 1 aromatic carbocycles. The summed E-state index contributed by atoms with van der Waals surface area (Å²) in [6, 6.07) is 7.28. The van der Waals surface area contributed by atoms with E-state index in [0.717, 1.165) is 12.2 Å². The molecule has 2 nitrogen and oxygen atoms in total. The molecule has 0 aromatic heterocycles. The highest BCUT2D eigenvalue weighted by molar-refractivity contribution is 6.04. The predicted octanol–water partition coefficient (Wildman–Crippen LogP) is 3.62. The second-order valence-corrected chi connectivity index (χ2v) is 3.87. The Kier molecular flexibility index (Phi) is 4.77. The molecule has 0 saturated carbocycles. The van der Waals surface area contributed by atoms with Crippen LogP contribution in [0.1, 0.15) is 37.6 Å². The van der Waals surface area contributed by atoms with Gasteiger partial charge in [-0.2, -0.15) is 0 Å². The van der Waals surface area contributed by atoms with Crippen molar-refractivity contribution in [3.05, 3.63) is 42.0 Å². The molecule has 0 aliphatic rings. The normalized spacial score (nSPS) is 11.0. The van der Waals surface area contributed by atoms with E-state index in [-0.39, 0.29) is 11.9 Å². The lowest BCUT2D eigenvalue weighted by Crippen LogP contribution is -2.06. The molecule has 0 heterocycles. The maximum absolute atomic E-state index is 11.7. The van der Waals surface area contributed by atoms with Gasteiger partial charge in [-0.05, 0) is 38.5 Å². The SMILES string of the molecule is CC/C=C/C(=O)c1cccc(OC(C)C)c1. The lowest BCUT2D eigenvalue weighted by molar-refractivity contribution is 0.104. The van der Waals surface area contributed by atoms with Crippen LogP contribution in [0, 0.1) is 0 Å². The van der Waals surface area contributed by atoms with E-state index >= 15 is 0 Å². The van der Waals surface area contributed by atoms with Gasteiger partial charge >= 0.3 is 0 Å². The fourth-order valence-electron chi connectivity index (χ4n) is 1.32. The highest BCUT2D eigenvalue weighted by Crippen LogP contribution is 2.15. The van der Waals surface area contributed by atoms with E-state index in [4.69, 9.17) is 4.74 Å². The van der Waals surface area contributed by atoms with Crippen LogP contribution in [0.25, 0.3) is 0 Å². The minimum Gasteiger partial charge on any atom is -0.491 e. The van der Waals surface area contributed by atoms with Gasteiger partial charge < -0.3 is 4.74 Å². The van der Waals surface area contributed by atoms with Gasteiger partial charge in [-0.25, -0.2) is 0 Å². The standard InChI is InChI=1S/C14H18O2/c1-4-5-9-14(15)12-7-6-8-13(10-12)16-11(2)3/h5-11H,4H2,1-3H3/b9-5+. The van der Waals surface area contributed by atoms with Crippen LogP contribution in [-0.2, 0) is 0 Å². The summed E-state index contributed by atoms with van der Waals surface area (Å²) >= 11 is 0. The van der Waals surface area contributed by atoms with Crippen molar-refractivity contribution in [3.8, 4) is 5.75 Å². The summed E-state index contributed by atoms with van der Waals surface area (Å²) in [6.45, 7) is 5.93. The number of ether oxygens (including phenoxy) is 1. The number of hydrogen-bond acceptors (Lipinski definition) is 2. The van der Waals surface area contributed by atoms with E-state index in [2.05, 4.69) is 0 Å². The molecule has 86 valence electrons. The summed E-state index contributed by atoms with van der Waals surface area (Å²) in [7, 11) is 0. The highest BCUT2D eigenvalue weighted by Gasteiger charge is 2.04. The monoisotopic (exact) mass is 218 g/mol. The number of carbonyl (C=O) groups excluding carboxylic acids is 1. The maximum atomic E-state index is 11.7. The molecule has 0 radical (unpaired) electrons. The zero-order valence-corrected chi connectivity index (χ0v) is 10.1. The van der Waals surface area contributed by atoms with Gasteiger partial charge in [-0.3, -0.25) is 4.79 Å². The van der Waals surface area contributed by atoms with Crippen molar-refractivity contribution in [3.63, 3.8) is 0 Å². The molecule has 16 heavy (non-hydrogen) atoms. The third-order valence-electron chi connectivity index (χ3n) is 2.00. The van der Waals surface area contributed by atoms with Crippen LogP contribution >= 0.6 is 0 Å². The van der Waals surface area contributed by atoms with Gasteiger partial charge in [-0.15, -0.1) is 0 Å². The lowest BCUT2D eigenvalue weighted by atomic mass is 10.1. The van der Waals surface area contributed by atoms with Gasteiger partial charge in [-0.1, -0.05) is 25.1 Å². The van der Waals surface area contributed by atoms with Gasteiger partial charge in [0.05, 0.1) is 6.10 Å². The van der Waals surface area contributed by atoms with Crippen molar-refractivity contribution >= 4 is 5.78 Å². The number of carbonyl (C=O) groups is 1. The van der Waals surface area contributed by atoms with Crippen molar-refractivity contribution in [2.24, 2.45) is 0 Å². The maximum Gasteiger partial charge on any atom is 0.185 e. The molecule has 0 amide bonds. The van der Waals surface area contributed by atoms with Crippen molar-refractivity contribution in [1.82, 2.24) is 0 Å².